The maximum absolute atomic E-state index is 13.7. The lowest BCUT2D eigenvalue weighted by Gasteiger charge is -2.45. The minimum Gasteiger partial charge on any atom is -0.376 e. The van der Waals surface area contributed by atoms with E-state index in [0.717, 1.165) is 51.6 Å². The Morgan fingerprint density at radius 3 is 2.45 bits per heavy atom. The van der Waals surface area contributed by atoms with Crippen molar-refractivity contribution in [3.05, 3.63) is 35.4 Å². The molecule has 1 aliphatic heterocycles. The smallest absolute Gasteiger partial charge is 0.126 e. The SMILES string of the molecule is OC1(N2CCC(Cc3cc(F)ccc3F)CC2)CCCCC1. The zero-order valence-electron chi connectivity index (χ0n) is 13.0. The molecule has 1 aromatic carbocycles. The van der Waals surface area contributed by atoms with Gasteiger partial charge in [0.15, 0.2) is 0 Å². The molecule has 0 aromatic heterocycles. The van der Waals surface area contributed by atoms with Crippen molar-refractivity contribution in [1.82, 2.24) is 4.90 Å². The molecule has 4 heteroatoms. The molecule has 22 heavy (non-hydrogen) atoms. The molecule has 2 fully saturated rings. The molecule has 1 N–H and O–H groups in total. The molecule has 0 bridgehead atoms. The van der Waals surface area contributed by atoms with E-state index < -0.39 is 5.72 Å². The third kappa shape index (κ3) is 3.49. The highest BCUT2D eigenvalue weighted by atomic mass is 19.1. The Hall–Kier alpha value is -1.00. The summed E-state index contributed by atoms with van der Waals surface area (Å²) in [6.45, 7) is 1.72. The molecule has 0 atom stereocenters. The van der Waals surface area contributed by atoms with E-state index in [4.69, 9.17) is 0 Å². The zero-order chi connectivity index (χ0) is 15.6. The van der Waals surface area contributed by atoms with Crippen LogP contribution in [-0.4, -0.2) is 28.8 Å². The summed E-state index contributed by atoms with van der Waals surface area (Å²) in [6, 6.07) is 3.70. The second-order valence-electron chi connectivity index (χ2n) is 6.91. The van der Waals surface area contributed by atoms with Gasteiger partial charge in [-0.05, 0) is 74.6 Å². The lowest BCUT2D eigenvalue weighted by molar-refractivity contribution is -0.142. The van der Waals surface area contributed by atoms with Gasteiger partial charge in [0.25, 0.3) is 0 Å². The van der Waals surface area contributed by atoms with E-state index in [0.29, 0.717) is 17.9 Å². The van der Waals surface area contributed by atoms with Gasteiger partial charge in [0.05, 0.1) is 0 Å². The Bertz CT molecular complexity index is 506. The van der Waals surface area contributed by atoms with Crippen LogP contribution in [0.2, 0.25) is 0 Å². The van der Waals surface area contributed by atoms with Gasteiger partial charge in [-0.1, -0.05) is 6.42 Å². The van der Waals surface area contributed by atoms with Crippen LogP contribution < -0.4 is 0 Å². The molecular formula is C18H25F2NO. The lowest BCUT2D eigenvalue weighted by atomic mass is 9.85. The minimum atomic E-state index is -0.618. The van der Waals surface area contributed by atoms with Crippen LogP contribution in [0.25, 0.3) is 0 Å². The molecule has 1 heterocycles. The molecule has 0 spiro atoms. The van der Waals surface area contributed by atoms with Gasteiger partial charge in [-0.2, -0.15) is 0 Å². The first-order valence-electron chi connectivity index (χ1n) is 8.48. The summed E-state index contributed by atoms with van der Waals surface area (Å²) < 4.78 is 27.0. The first-order chi connectivity index (χ1) is 10.6. The third-order valence-electron chi connectivity index (χ3n) is 5.37. The van der Waals surface area contributed by atoms with Crippen LogP contribution in [0, 0.1) is 17.6 Å². The van der Waals surface area contributed by atoms with Gasteiger partial charge in [0, 0.05) is 13.1 Å². The number of hydrogen-bond acceptors (Lipinski definition) is 2. The van der Waals surface area contributed by atoms with Crippen LogP contribution in [0.5, 0.6) is 0 Å². The van der Waals surface area contributed by atoms with Crippen molar-refractivity contribution in [1.29, 1.82) is 0 Å². The van der Waals surface area contributed by atoms with Gasteiger partial charge in [-0.15, -0.1) is 0 Å². The number of rotatable bonds is 3. The third-order valence-corrected chi connectivity index (χ3v) is 5.37. The summed E-state index contributed by atoms with van der Waals surface area (Å²) in [5.41, 5.74) is -0.136. The summed E-state index contributed by atoms with van der Waals surface area (Å²) in [4.78, 5) is 2.21. The molecular weight excluding hydrogens is 284 g/mol. The second-order valence-corrected chi connectivity index (χ2v) is 6.91. The molecule has 2 aliphatic rings. The summed E-state index contributed by atoms with van der Waals surface area (Å²) in [6.07, 6.45) is 7.65. The van der Waals surface area contributed by atoms with E-state index in [9.17, 15) is 13.9 Å². The first-order valence-corrected chi connectivity index (χ1v) is 8.48. The van der Waals surface area contributed by atoms with Crippen molar-refractivity contribution >= 4 is 0 Å². The number of nitrogens with zero attached hydrogens (tertiary/aromatic N) is 1. The van der Waals surface area contributed by atoms with Crippen LogP contribution in [-0.2, 0) is 6.42 Å². The van der Waals surface area contributed by atoms with Crippen LogP contribution in [0.1, 0.15) is 50.5 Å². The number of piperidine rings is 1. The first kappa shape index (κ1) is 15.9. The minimum absolute atomic E-state index is 0.310. The quantitative estimate of drug-likeness (QED) is 0.916. The highest BCUT2D eigenvalue weighted by molar-refractivity contribution is 5.19. The van der Waals surface area contributed by atoms with E-state index in [1.165, 1.54) is 24.6 Å². The predicted octanol–water partition coefficient (Wildman–Crippen LogP) is 3.87. The molecule has 1 saturated carbocycles. The number of benzene rings is 1. The van der Waals surface area contributed by atoms with Crippen molar-refractivity contribution in [2.45, 2.75) is 57.1 Å². The van der Waals surface area contributed by atoms with E-state index in [1.807, 2.05) is 0 Å². The Morgan fingerprint density at radius 2 is 1.77 bits per heavy atom. The highest BCUT2D eigenvalue weighted by Gasteiger charge is 2.37. The molecule has 3 rings (SSSR count). The second kappa shape index (κ2) is 6.63. The van der Waals surface area contributed by atoms with E-state index in [1.54, 1.807) is 0 Å². The topological polar surface area (TPSA) is 23.5 Å². The zero-order valence-corrected chi connectivity index (χ0v) is 13.0. The van der Waals surface area contributed by atoms with Crippen molar-refractivity contribution in [3.8, 4) is 0 Å². The average Bonchev–Trinajstić information content (AvgIpc) is 2.52. The largest absolute Gasteiger partial charge is 0.376 e. The van der Waals surface area contributed by atoms with Gasteiger partial charge in [-0.3, -0.25) is 4.90 Å². The fourth-order valence-electron chi connectivity index (χ4n) is 4.00. The summed E-state index contributed by atoms with van der Waals surface area (Å²) in [5.74, 6) is -0.306. The highest BCUT2D eigenvalue weighted by Crippen LogP contribution is 2.35. The summed E-state index contributed by atoms with van der Waals surface area (Å²) in [5, 5.41) is 10.8. The summed E-state index contributed by atoms with van der Waals surface area (Å²) in [7, 11) is 0. The molecule has 1 aliphatic carbocycles. The lowest BCUT2D eigenvalue weighted by Crippen LogP contribution is -2.53. The van der Waals surface area contributed by atoms with Crippen molar-refractivity contribution in [3.63, 3.8) is 0 Å². The number of halogens is 2. The number of hydrogen-bond donors (Lipinski definition) is 1. The molecule has 0 unspecified atom stereocenters. The van der Waals surface area contributed by atoms with Crippen molar-refractivity contribution in [2.24, 2.45) is 5.92 Å². The van der Waals surface area contributed by atoms with E-state index in [2.05, 4.69) is 4.90 Å². The molecule has 2 nitrogen and oxygen atoms in total. The van der Waals surface area contributed by atoms with Crippen molar-refractivity contribution < 1.29 is 13.9 Å². The van der Waals surface area contributed by atoms with E-state index in [-0.39, 0.29) is 11.6 Å². The maximum Gasteiger partial charge on any atom is 0.126 e. The maximum atomic E-state index is 13.7. The van der Waals surface area contributed by atoms with Gasteiger partial charge >= 0.3 is 0 Å². The van der Waals surface area contributed by atoms with Gasteiger partial charge in [-0.25, -0.2) is 8.78 Å². The molecule has 1 saturated heterocycles. The normalized spacial score (nSPS) is 23.6. The monoisotopic (exact) mass is 309 g/mol. The fourth-order valence-corrected chi connectivity index (χ4v) is 4.00. The standard InChI is InChI=1S/C18H25F2NO/c19-16-4-5-17(20)15(13-16)12-14-6-10-21(11-7-14)18(22)8-2-1-3-9-18/h4-5,13-14,22H,1-3,6-12H2. The number of likely N-dealkylation sites (tertiary alicyclic amines) is 1. The van der Waals surface area contributed by atoms with Crippen LogP contribution in [0.3, 0.4) is 0 Å². The molecule has 0 radical (unpaired) electrons. The van der Waals surface area contributed by atoms with Crippen LogP contribution in [0.15, 0.2) is 18.2 Å². The van der Waals surface area contributed by atoms with E-state index >= 15 is 0 Å². The molecule has 1 aromatic rings. The Kier molecular flexibility index (Phi) is 4.79. The number of aliphatic hydroxyl groups is 1. The van der Waals surface area contributed by atoms with Crippen LogP contribution in [0.4, 0.5) is 8.78 Å². The summed E-state index contributed by atoms with van der Waals surface area (Å²) >= 11 is 0. The fraction of sp³-hybridized carbons (Fsp3) is 0.667. The van der Waals surface area contributed by atoms with Gasteiger partial charge in [0.2, 0.25) is 0 Å². The molecule has 122 valence electrons. The Morgan fingerprint density at radius 1 is 1.09 bits per heavy atom. The predicted molar refractivity (Wildman–Crippen MR) is 82.4 cm³/mol. The molecule has 0 amide bonds. The Balaban J connectivity index is 1.56. The van der Waals surface area contributed by atoms with Gasteiger partial charge in [0.1, 0.15) is 17.4 Å². The average molecular weight is 309 g/mol. The Labute approximate surface area is 131 Å². The van der Waals surface area contributed by atoms with Crippen LogP contribution >= 0.6 is 0 Å². The van der Waals surface area contributed by atoms with Gasteiger partial charge < -0.3 is 5.11 Å². The van der Waals surface area contributed by atoms with Crippen molar-refractivity contribution in [2.75, 3.05) is 13.1 Å².